The maximum Gasteiger partial charge on any atom is 0.262 e. The highest BCUT2D eigenvalue weighted by Crippen LogP contribution is 2.54. The summed E-state index contributed by atoms with van der Waals surface area (Å²) < 4.78 is 26.3. The predicted octanol–water partition coefficient (Wildman–Crippen LogP) is 1.83. The van der Waals surface area contributed by atoms with Crippen molar-refractivity contribution >= 4 is 5.91 Å². The van der Waals surface area contributed by atoms with Gasteiger partial charge in [-0.2, -0.15) is 0 Å². The summed E-state index contributed by atoms with van der Waals surface area (Å²) in [7, 11) is 0. The average Bonchev–Trinajstić information content (AvgIpc) is 3.04. The Labute approximate surface area is 122 Å². The van der Waals surface area contributed by atoms with Crippen LogP contribution < -0.4 is 10.6 Å². The van der Waals surface area contributed by atoms with Crippen LogP contribution in [-0.4, -0.2) is 30.5 Å². The summed E-state index contributed by atoms with van der Waals surface area (Å²) in [5.41, 5.74) is 2.68. The van der Waals surface area contributed by atoms with Gasteiger partial charge < -0.3 is 5.32 Å². The number of benzene rings is 1. The van der Waals surface area contributed by atoms with Gasteiger partial charge in [-0.3, -0.25) is 10.1 Å². The van der Waals surface area contributed by atoms with E-state index in [9.17, 15) is 13.6 Å². The van der Waals surface area contributed by atoms with Gasteiger partial charge in [0.2, 0.25) is 5.91 Å². The molecule has 4 atom stereocenters. The Bertz CT molecular complexity index is 589. The third kappa shape index (κ3) is 2.24. The molecule has 1 aromatic rings. The monoisotopic (exact) mass is 292 g/mol. The predicted molar refractivity (Wildman–Crippen MR) is 74.3 cm³/mol. The van der Waals surface area contributed by atoms with Crippen molar-refractivity contribution in [1.29, 1.82) is 0 Å². The standard InChI is InChI=1S/C16H18F2N2O/c17-16(18)7-12(19-8-16)15(21)20-14-11-6-5-9-3-1-2-4-10(9)13(11)14/h1-4,11-14,19H,5-8H2,(H,20,21). The van der Waals surface area contributed by atoms with E-state index in [0.717, 1.165) is 12.8 Å². The van der Waals surface area contributed by atoms with E-state index in [1.807, 2.05) is 12.1 Å². The number of carbonyl (C=O) groups is 1. The van der Waals surface area contributed by atoms with Crippen molar-refractivity contribution in [2.24, 2.45) is 5.92 Å². The second-order valence-electron chi connectivity index (χ2n) is 6.46. The van der Waals surface area contributed by atoms with E-state index < -0.39 is 24.9 Å². The lowest BCUT2D eigenvalue weighted by Gasteiger charge is -2.13. The minimum atomic E-state index is -2.76. The van der Waals surface area contributed by atoms with E-state index in [1.54, 1.807) is 0 Å². The van der Waals surface area contributed by atoms with Crippen molar-refractivity contribution in [1.82, 2.24) is 10.6 Å². The number of hydrogen-bond acceptors (Lipinski definition) is 2. The molecule has 4 rings (SSSR count). The summed E-state index contributed by atoms with van der Waals surface area (Å²) in [4.78, 5) is 12.1. The molecule has 1 aromatic carbocycles. The minimum absolute atomic E-state index is 0.122. The van der Waals surface area contributed by atoms with Crippen LogP contribution in [0.4, 0.5) is 8.78 Å². The third-order valence-corrected chi connectivity index (χ3v) is 5.07. The average molecular weight is 292 g/mol. The lowest BCUT2D eigenvalue weighted by molar-refractivity contribution is -0.123. The Hall–Kier alpha value is -1.49. The molecular formula is C16H18F2N2O. The second kappa shape index (κ2) is 4.50. The Kier molecular flexibility index (Phi) is 2.83. The number of nitrogens with one attached hydrogen (secondary N) is 2. The number of rotatable bonds is 2. The lowest BCUT2D eigenvalue weighted by atomic mass is 9.92. The van der Waals surface area contributed by atoms with Crippen LogP contribution in [0.3, 0.4) is 0 Å². The van der Waals surface area contributed by atoms with Crippen LogP contribution in [0, 0.1) is 5.92 Å². The number of fused-ring (bicyclic) bond motifs is 3. The fourth-order valence-electron chi connectivity index (χ4n) is 3.93. The minimum Gasteiger partial charge on any atom is -0.351 e. The normalized spacial score (nSPS) is 35.7. The molecule has 1 heterocycles. The lowest BCUT2D eigenvalue weighted by Crippen LogP contribution is -2.42. The first-order valence-electron chi connectivity index (χ1n) is 7.54. The second-order valence-corrected chi connectivity index (χ2v) is 6.46. The summed E-state index contributed by atoms with van der Waals surface area (Å²) in [6, 6.07) is 7.70. The van der Waals surface area contributed by atoms with Crippen molar-refractivity contribution < 1.29 is 13.6 Å². The zero-order valence-corrected chi connectivity index (χ0v) is 11.6. The molecule has 1 amide bonds. The molecule has 1 aliphatic heterocycles. The number of carbonyl (C=O) groups excluding carboxylic acids is 1. The molecule has 0 bridgehead atoms. The molecule has 0 radical (unpaired) electrons. The largest absolute Gasteiger partial charge is 0.351 e. The van der Waals surface area contributed by atoms with Gasteiger partial charge in [0.15, 0.2) is 0 Å². The van der Waals surface area contributed by atoms with Gasteiger partial charge in [0, 0.05) is 18.4 Å². The van der Waals surface area contributed by atoms with Crippen molar-refractivity contribution in [3.8, 4) is 0 Å². The van der Waals surface area contributed by atoms with Crippen LogP contribution in [0.2, 0.25) is 0 Å². The molecule has 2 aliphatic carbocycles. The van der Waals surface area contributed by atoms with Crippen LogP contribution in [0.25, 0.3) is 0 Å². The summed E-state index contributed by atoms with van der Waals surface area (Å²) in [6.45, 7) is -0.397. The summed E-state index contributed by atoms with van der Waals surface area (Å²) >= 11 is 0. The van der Waals surface area contributed by atoms with Crippen molar-refractivity contribution in [3.05, 3.63) is 35.4 Å². The van der Waals surface area contributed by atoms with Crippen molar-refractivity contribution in [2.75, 3.05) is 6.54 Å². The summed E-state index contributed by atoms with van der Waals surface area (Å²) in [5.74, 6) is -2.18. The number of aryl methyl sites for hydroxylation is 1. The SMILES string of the molecule is O=C(NC1C2CCc3ccccc3C21)C1CC(F)(F)CN1. The molecule has 5 heteroatoms. The highest BCUT2D eigenvalue weighted by atomic mass is 19.3. The number of halogens is 2. The first-order valence-corrected chi connectivity index (χ1v) is 7.54. The zero-order chi connectivity index (χ0) is 14.6. The highest BCUT2D eigenvalue weighted by Gasteiger charge is 2.54. The molecule has 3 nitrogen and oxygen atoms in total. The highest BCUT2D eigenvalue weighted by molar-refractivity contribution is 5.83. The van der Waals surface area contributed by atoms with E-state index in [-0.39, 0.29) is 11.9 Å². The molecule has 4 unspecified atom stereocenters. The Morgan fingerprint density at radius 2 is 2.14 bits per heavy atom. The molecule has 1 saturated heterocycles. The van der Waals surface area contributed by atoms with Crippen LogP contribution in [0.1, 0.15) is 29.9 Å². The number of amides is 1. The van der Waals surface area contributed by atoms with Gasteiger partial charge in [-0.25, -0.2) is 8.78 Å². The van der Waals surface area contributed by atoms with Gasteiger partial charge in [0.1, 0.15) is 0 Å². The van der Waals surface area contributed by atoms with Crippen molar-refractivity contribution in [2.45, 2.75) is 43.2 Å². The van der Waals surface area contributed by atoms with E-state index in [0.29, 0.717) is 11.8 Å². The van der Waals surface area contributed by atoms with E-state index in [4.69, 9.17) is 0 Å². The molecule has 0 spiro atoms. The smallest absolute Gasteiger partial charge is 0.262 e. The third-order valence-electron chi connectivity index (χ3n) is 5.07. The quantitative estimate of drug-likeness (QED) is 0.873. The van der Waals surface area contributed by atoms with Gasteiger partial charge >= 0.3 is 0 Å². The topological polar surface area (TPSA) is 41.1 Å². The van der Waals surface area contributed by atoms with E-state index in [1.165, 1.54) is 11.1 Å². The van der Waals surface area contributed by atoms with Crippen LogP contribution in [0.15, 0.2) is 24.3 Å². The van der Waals surface area contributed by atoms with Gasteiger partial charge in [-0.05, 0) is 29.9 Å². The van der Waals surface area contributed by atoms with Crippen LogP contribution in [0.5, 0.6) is 0 Å². The van der Waals surface area contributed by atoms with Gasteiger partial charge in [-0.1, -0.05) is 24.3 Å². The van der Waals surface area contributed by atoms with Crippen molar-refractivity contribution in [3.63, 3.8) is 0 Å². The first kappa shape index (κ1) is 13.2. The molecule has 3 aliphatic rings. The van der Waals surface area contributed by atoms with E-state index in [2.05, 4.69) is 22.8 Å². The van der Waals surface area contributed by atoms with Crippen LogP contribution in [-0.2, 0) is 11.2 Å². The summed E-state index contributed by atoms with van der Waals surface area (Å²) in [6.07, 6.45) is 1.72. The molecule has 2 N–H and O–H groups in total. The van der Waals surface area contributed by atoms with Crippen LogP contribution >= 0.6 is 0 Å². The maximum atomic E-state index is 13.2. The Balaban J connectivity index is 1.43. The number of alkyl halides is 2. The molecule has 112 valence electrons. The fraction of sp³-hybridized carbons (Fsp3) is 0.562. The fourth-order valence-corrected chi connectivity index (χ4v) is 3.93. The van der Waals surface area contributed by atoms with Gasteiger partial charge in [-0.15, -0.1) is 0 Å². The zero-order valence-electron chi connectivity index (χ0n) is 11.6. The van der Waals surface area contributed by atoms with E-state index >= 15 is 0 Å². The summed E-state index contributed by atoms with van der Waals surface area (Å²) in [5, 5.41) is 5.60. The molecule has 1 saturated carbocycles. The first-order chi connectivity index (χ1) is 10.1. The maximum absolute atomic E-state index is 13.2. The molecule has 0 aromatic heterocycles. The molecule has 21 heavy (non-hydrogen) atoms. The molecule has 2 fully saturated rings. The van der Waals surface area contributed by atoms with Gasteiger partial charge in [0.25, 0.3) is 5.92 Å². The van der Waals surface area contributed by atoms with Gasteiger partial charge in [0.05, 0.1) is 12.6 Å². The number of hydrogen-bond donors (Lipinski definition) is 2. The Morgan fingerprint density at radius 3 is 2.90 bits per heavy atom. The Morgan fingerprint density at radius 1 is 1.33 bits per heavy atom. The molecular weight excluding hydrogens is 274 g/mol.